The Labute approximate surface area is 81.4 Å². The van der Waals surface area contributed by atoms with Gasteiger partial charge in [0.05, 0.1) is 5.60 Å². The summed E-state index contributed by atoms with van der Waals surface area (Å²) in [5.74, 6) is -1.16. The molecule has 0 aliphatic heterocycles. The van der Waals surface area contributed by atoms with Gasteiger partial charge in [-0.1, -0.05) is 6.92 Å². The molecule has 2 atom stereocenters. The van der Waals surface area contributed by atoms with Gasteiger partial charge in [0.2, 0.25) is 0 Å². The fourth-order valence-electron chi connectivity index (χ4n) is 1.77. The van der Waals surface area contributed by atoms with Gasteiger partial charge in [0.25, 0.3) is 0 Å². The van der Waals surface area contributed by atoms with Crippen molar-refractivity contribution in [3.63, 3.8) is 0 Å². The lowest BCUT2D eigenvalue weighted by atomic mass is 10.0. The van der Waals surface area contributed by atoms with Crippen molar-refractivity contribution < 1.29 is 13.9 Å². The molecule has 0 aromatic heterocycles. The van der Waals surface area contributed by atoms with Crippen molar-refractivity contribution in [3.05, 3.63) is 34.9 Å². The molecule has 1 N–H and O–H groups in total. The van der Waals surface area contributed by atoms with E-state index in [1.165, 1.54) is 6.07 Å². The quantitative estimate of drug-likeness (QED) is 0.735. The zero-order valence-electron chi connectivity index (χ0n) is 8.14. The number of hydrogen-bond acceptors (Lipinski definition) is 1. The maximum absolute atomic E-state index is 13.3. The summed E-state index contributed by atoms with van der Waals surface area (Å²) in [6, 6.07) is 2.24. The number of halogens is 2. The fraction of sp³-hybridized carbons (Fsp3) is 0.455. The van der Waals surface area contributed by atoms with Gasteiger partial charge in [0.15, 0.2) is 0 Å². The van der Waals surface area contributed by atoms with Crippen molar-refractivity contribution >= 4 is 0 Å². The molecule has 0 heterocycles. The number of aryl methyl sites for hydroxylation is 1. The Hall–Kier alpha value is -0.960. The third kappa shape index (κ3) is 1.23. The van der Waals surface area contributed by atoms with Crippen LogP contribution < -0.4 is 0 Å². The summed E-state index contributed by atoms with van der Waals surface area (Å²) in [6.45, 7) is 3.41. The highest BCUT2D eigenvalue weighted by molar-refractivity contribution is 5.34. The number of rotatable bonds is 1. The molecule has 1 aliphatic carbocycles. The molecule has 1 fully saturated rings. The van der Waals surface area contributed by atoms with Gasteiger partial charge in [-0.3, -0.25) is 0 Å². The van der Waals surface area contributed by atoms with E-state index in [2.05, 4.69) is 0 Å². The fourth-order valence-corrected chi connectivity index (χ4v) is 1.77. The minimum Gasteiger partial charge on any atom is -0.385 e. The number of hydrogen-bond donors (Lipinski definition) is 1. The molecular weight excluding hydrogens is 186 g/mol. The molecule has 3 heteroatoms. The van der Waals surface area contributed by atoms with Gasteiger partial charge < -0.3 is 5.11 Å². The normalized spacial score (nSPS) is 30.5. The summed E-state index contributed by atoms with van der Waals surface area (Å²) in [6.07, 6.45) is 0.551. The zero-order valence-corrected chi connectivity index (χ0v) is 8.14. The van der Waals surface area contributed by atoms with Crippen LogP contribution in [0.5, 0.6) is 0 Å². The molecule has 14 heavy (non-hydrogen) atoms. The van der Waals surface area contributed by atoms with E-state index in [1.807, 2.05) is 6.92 Å². The van der Waals surface area contributed by atoms with E-state index in [0.29, 0.717) is 12.0 Å². The Bertz CT molecular complexity index is 389. The molecule has 1 nitrogen and oxygen atoms in total. The van der Waals surface area contributed by atoms with Gasteiger partial charge in [0, 0.05) is 11.6 Å². The summed E-state index contributed by atoms with van der Waals surface area (Å²) >= 11 is 0. The second-order valence-corrected chi connectivity index (χ2v) is 4.11. The molecule has 76 valence electrons. The lowest BCUT2D eigenvalue weighted by Gasteiger charge is -2.12. The van der Waals surface area contributed by atoms with Crippen molar-refractivity contribution in [2.24, 2.45) is 5.92 Å². The van der Waals surface area contributed by atoms with Gasteiger partial charge >= 0.3 is 0 Å². The number of benzene rings is 1. The Morgan fingerprint density at radius 2 is 1.93 bits per heavy atom. The van der Waals surface area contributed by atoms with E-state index in [1.54, 1.807) is 6.92 Å². The van der Waals surface area contributed by atoms with Gasteiger partial charge in [-0.2, -0.15) is 0 Å². The van der Waals surface area contributed by atoms with Crippen LogP contribution in [-0.4, -0.2) is 5.11 Å². The van der Waals surface area contributed by atoms with E-state index < -0.39 is 17.2 Å². The Kier molecular flexibility index (Phi) is 1.89. The first-order chi connectivity index (χ1) is 6.45. The first kappa shape index (κ1) is 9.59. The van der Waals surface area contributed by atoms with Crippen LogP contribution in [0.1, 0.15) is 24.5 Å². The average Bonchev–Trinajstić information content (AvgIpc) is 2.68. The minimum absolute atomic E-state index is 0.0573. The monoisotopic (exact) mass is 198 g/mol. The van der Waals surface area contributed by atoms with Crippen molar-refractivity contribution in [1.82, 2.24) is 0 Å². The average molecular weight is 198 g/mol. The van der Waals surface area contributed by atoms with E-state index >= 15 is 0 Å². The van der Waals surface area contributed by atoms with Gasteiger partial charge in [-0.05, 0) is 30.9 Å². The van der Waals surface area contributed by atoms with E-state index in [-0.39, 0.29) is 11.5 Å². The minimum atomic E-state index is -1.07. The van der Waals surface area contributed by atoms with Crippen LogP contribution in [0, 0.1) is 24.5 Å². The largest absolute Gasteiger partial charge is 0.385 e. The zero-order chi connectivity index (χ0) is 10.5. The first-order valence-electron chi connectivity index (χ1n) is 4.63. The molecule has 1 saturated carbocycles. The number of aliphatic hydroxyl groups is 1. The molecule has 1 aromatic carbocycles. The van der Waals surface area contributed by atoms with E-state index in [0.717, 1.165) is 6.07 Å². The lowest BCUT2D eigenvalue weighted by molar-refractivity contribution is 0.130. The summed E-state index contributed by atoms with van der Waals surface area (Å²) in [4.78, 5) is 0. The molecular formula is C11H12F2O. The summed E-state index contributed by atoms with van der Waals surface area (Å²) in [5, 5.41) is 9.90. The topological polar surface area (TPSA) is 20.2 Å². The van der Waals surface area contributed by atoms with Crippen molar-refractivity contribution in [2.45, 2.75) is 25.9 Å². The molecule has 0 radical (unpaired) electrons. The van der Waals surface area contributed by atoms with Crippen molar-refractivity contribution in [2.75, 3.05) is 0 Å². The Balaban J connectivity index is 2.50. The van der Waals surface area contributed by atoms with Crippen molar-refractivity contribution in [1.29, 1.82) is 0 Å². The molecule has 1 aromatic rings. The molecule has 0 amide bonds. The second kappa shape index (κ2) is 2.76. The van der Waals surface area contributed by atoms with Crippen LogP contribution in [0.2, 0.25) is 0 Å². The maximum atomic E-state index is 13.3. The standard InChI is InChI=1S/C11H12F2O/c1-6-3-8(10(13)4-9(6)12)11(14)5-7(11)2/h3-4,7,14H,5H2,1-2H3. The maximum Gasteiger partial charge on any atom is 0.132 e. The van der Waals surface area contributed by atoms with Crippen LogP contribution in [0.4, 0.5) is 8.78 Å². The third-order valence-electron chi connectivity index (χ3n) is 2.99. The van der Waals surface area contributed by atoms with Crippen LogP contribution in [0.3, 0.4) is 0 Å². The van der Waals surface area contributed by atoms with Crippen LogP contribution in [0.25, 0.3) is 0 Å². The van der Waals surface area contributed by atoms with Crippen LogP contribution in [0.15, 0.2) is 12.1 Å². The highest BCUT2D eigenvalue weighted by atomic mass is 19.1. The van der Waals surface area contributed by atoms with Gasteiger partial charge in [-0.25, -0.2) is 8.78 Å². The molecule has 0 saturated heterocycles. The van der Waals surface area contributed by atoms with Gasteiger partial charge in [-0.15, -0.1) is 0 Å². The molecule has 1 aliphatic rings. The van der Waals surface area contributed by atoms with Crippen LogP contribution >= 0.6 is 0 Å². The molecule has 0 bridgehead atoms. The van der Waals surface area contributed by atoms with Gasteiger partial charge in [0.1, 0.15) is 11.6 Å². The smallest absolute Gasteiger partial charge is 0.132 e. The summed E-state index contributed by atoms with van der Waals surface area (Å²) < 4.78 is 26.3. The highest BCUT2D eigenvalue weighted by Gasteiger charge is 2.52. The SMILES string of the molecule is Cc1cc(C2(O)CC2C)c(F)cc1F. The first-order valence-corrected chi connectivity index (χ1v) is 4.63. The predicted molar refractivity (Wildman–Crippen MR) is 48.8 cm³/mol. The van der Waals surface area contributed by atoms with Crippen molar-refractivity contribution in [3.8, 4) is 0 Å². The van der Waals surface area contributed by atoms with Crippen LogP contribution in [-0.2, 0) is 5.60 Å². The van der Waals surface area contributed by atoms with E-state index in [4.69, 9.17) is 0 Å². The van der Waals surface area contributed by atoms with E-state index in [9.17, 15) is 13.9 Å². The molecule has 2 unspecified atom stereocenters. The summed E-state index contributed by atoms with van der Waals surface area (Å²) in [7, 11) is 0. The Morgan fingerprint density at radius 3 is 2.43 bits per heavy atom. The lowest BCUT2D eigenvalue weighted by Crippen LogP contribution is -2.11. The molecule has 2 rings (SSSR count). The second-order valence-electron chi connectivity index (χ2n) is 4.11. The Morgan fingerprint density at radius 1 is 1.36 bits per heavy atom. The molecule has 0 spiro atoms. The summed E-state index contributed by atoms with van der Waals surface area (Å²) in [5.41, 5.74) is -0.472. The highest BCUT2D eigenvalue weighted by Crippen LogP contribution is 2.52. The predicted octanol–water partition coefficient (Wildman–Crippen LogP) is 2.50. The third-order valence-corrected chi connectivity index (χ3v) is 2.99.